The van der Waals surface area contributed by atoms with Crippen LogP contribution in [-0.4, -0.2) is 4.98 Å². The van der Waals surface area contributed by atoms with Crippen molar-refractivity contribution in [3.8, 4) is 11.3 Å². The molecule has 3 rings (SSSR count). The summed E-state index contributed by atoms with van der Waals surface area (Å²) in [5.74, 6) is 0. The van der Waals surface area contributed by atoms with Gasteiger partial charge in [0.2, 0.25) is 0 Å². The maximum atomic E-state index is 6.21. The molecule has 0 aliphatic heterocycles. The molecule has 0 atom stereocenters. The summed E-state index contributed by atoms with van der Waals surface area (Å²) in [5.41, 5.74) is 2.86. The first-order valence-electron chi connectivity index (χ1n) is 6.51. The number of nitrogens with zero attached hydrogens (tertiary/aromatic N) is 1. The maximum Gasteiger partial charge on any atom is 0.183 e. The third-order valence-electron chi connectivity index (χ3n) is 3.07. The molecule has 0 unspecified atom stereocenters. The van der Waals surface area contributed by atoms with E-state index in [0.717, 1.165) is 27.0 Å². The fourth-order valence-corrected chi connectivity index (χ4v) is 3.30. The van der Waals surface area contributed by atoms with Crippen LogP contribution in [-0.2, 0) is 6.54 Å². The van der Waals surface area contributed by atoms with Gasteiger partial charge in [0, 0.05) is 27.5 Å². The molecule has 2 nitrogen and oxygen atoms in total. The fourth-order valence-electron chi connectivity index (χ4n) is 1.96. The molecule has 0 spiro atoms. The Labute approximate surface area is 147 Å². The highest BCUT2D eigenvalue weighted by Crippen LogP contribution is 2.32. The van der Waals surface area contributed by atoms with E-state index in [1.807, 2.05) is 41.8 Å². The summed E-state index contributed by atoms with van der Waals surface area (Å²) >= 11 is 19.5. The minimum absolute atomic E-state index is 0.599. The minimum atomic E-state index is 0.599. The third kappa shape index (κ3) is 3.73. The van der Waals surface area contributed by atoms with Gasteiger partial charge in [-0.2, -0.15) is 0 Å². The molecule has 2 aromatic carbocycles. The Kier molecular flexibility index (Phi) is 4.89. The number of halogens is 3. The van der Waals surface area contributed by atoms with Crippen molar-refractivity contribution >= 4 is 51.3 Å². The van der Waals surface area contributed by atoms with Gasteiger partial charge in [0.05, 0.1) is 10.7 Å². The average molecular weight is 370 g/mol. The number of benzene rings is 2. The van der Waals surface area contributed by atoms with Crippen LogP contribution in [0, 0.1) is 0 Å². The highest BCUT2D eigenvalue weighted by Gasteiger charge is 2.08. The molecule has 0 fully saturated rings. The zero-order valence-electron chi connectivity index (χ0n) is 11.3. The standard InChI is InChI=1S/C16H11Cl3N2S/c17-11-3-1-10(2-4-11)8-20-16-21-15(9-22-16)13-6-5-12(18)7-14(13)19/h1-7,9H,8H2,(H,20,21). The fraction of sp³-hybridized carbons (Fsp3) is 0.0625. The second-order valence-electron chi connectivity index (χ2n) is 4.64. The van der Waals surface area contributed by atoms with Gasteiger partial charge in [0.25, 0.3) is 0 Å². The Morgan fingerprint density at radius 3 is 2.41 bits per heavy atom. The lowest BCUT2D eigenvalue weighted by Crippen LogP contribution is -1.98. The van der Waals surface area contributed by atoms with Gasteiger partial charge in [-0.1, -0.05) is 46.9 Å². The quantitative estimate of drug-likeness (QED) is 0.577. The molecule has 3 aromatic rings. The van der Waals surface area contributed by atoms with Gasteiger partial charge in [-0.15, -0.1) is 11.3 Å². The van der Waals surface area contributed by atoms with Crippen molar-refractivity contribution in [2.75, 3.05) is 5.32 Å². The molecule has 1 heterocycles. The molecule has 0 radical (unpaired) electrons. The second-order valence-corrected chi connectivity index (χ2v) is 6.78. The molecule has 0 bridgehead atoms. The Morgan fingerprint density at radius 1 is 0.955 bits per heavy atom. The molecular formula is C16H11Cl3N2S. The van der Waals surface area contributed by atoms with E-state index in [2.05, 4.69) is 10.3 Å². The van der Waals surface area contributed by atoms with Crippen molar-refractivity contribution in [2.45, 2.75) is 6.54 Å². The topological polar surface area (TPSA) is 24.9 Å². The first kappa shape index (κ1) is 15.6. The lowest BCUT2D eigenvalue weighted by atomic mass is 10.2. The van der Waals surface area contributed by atoms with Gasteiger partial charge in [-0.25, -0.2) is 4.98 Å². The molecule has 0 aliphatic carbocycles. The van der Waals surface area contributed by atoms with Crippen LogP contribution >= 0.6 is 46.1 Å². The van der Waals surface area contributed by atoms with Crippen LogP contribution in [0.25, 0.3) is 11.3 Å². The first-order valence-corrected chi connectivity index (χ1v) is 8.52. The molecular weight excluding hydrogens is 359 g/mol. The molecule has 22 heavy (non-hydrogen) atoms. The van der Waals surface area contributed by atoms with Crippen molar-refractivity contribution in [2.24, 2.45) is 0 Å². The molecule has 0 saturated heterocycles. The lowest BCUT2D eigenvalue weighted by Gasteiger charge is -2.03. The van der Waals surface area contributed by atoms with E-state index in [4.69, 9.17) is 34.8 Å². The number of hydrogen-bond donors (Lipinski definition) is 1. The monoisotopic (exact) mass is 368 g/mol. The summed E-state index contributed by atoms with van der Waals surface area (Å²) < 4.78 is 0. The molecule has 112 valence electrons. The molecule has 0 saturated carbocycles. The SMILES string of the molecule is Clc1ccc(CNc2nc(-c3ccc(Cl)cc3Cl)cs2)cc1. The predicted octanol–water partition coefficient (Wildman–Crippen LogP) is 6.38. The van der Waals surface area contributed by atoms with Crippen molar-refractivity contribution < 1.29 is 0 Å². The summed E-state index contributed by atoms with van der Waals surface area (Å²) in [5, 5.41) is 8.06. The molecule has 1 aromatic heterocycles. The molecule has 1 N–H and O–H groups in total. The van der Waals surface area contributed by atoms with Crippen LogP contribution in [0.15, 0.2) is 47.8 Å². The smallest absolute Gasteiger partial charge is 0.183 e. The van der Waals surface area contributed by atoms with Crippen molar-refractivity contribution in [1.82, 2.24) is 4.98 Å². The molecule has 0 amide bonds. The Morgan fingerprint density at radius 2 is 1.68 bits per heavy atom. The van der Waals surface area contributed by atoms with E-state index < -0.39 is 0 Å². The van der Waals surface area contributed by atoms with E-state index in [9.17, 15) is 0 Å². The number of hydrogen-bond acceptors (Lipinski definition) is 3. The second kappa shape index (κ2) is 6.88. The number of aromatic nitrogens is 1. The van der Waals surface area contributed by atoms with Gasteiger partial charge in [0.1, 0.15) is 0 Å². The van der Waals surface area contributed by atoms with Gasteiger partial charge < -0.3 is 5.32 Å². The average Bonchev–Trinajstić information content (AvgIpc) is 2.95. The van der Waals surface area contributed by atoms with Crippen LogP contribution in [0.5, 0.6) is 0 Å². The molecule has 6 heteroatoms. The van der Waals surface area contributed by atoms with Crippen molar-refractivity contribution in [1.29, 1.82) is 0 Å². The van der Waals surface area contributed by atoms with Gasteiger partial charge in [0.15, 0.2) is 5.13 Å². The van der Waals surface area contributed by atoms with Crippen molar-refractivity contribution in [3.63, 3.8) is 0 Å². The number of nitrogens with one attached hydrogen (secondary N) is 1. The van der Waals surface area contributed by atoms with Crippen LogP contribution < -0.4 is 5.32 Å². The Hall–Kier alpha value is -1.26. The van der Waals surface area contributed by atoms with Crippen LogP contribution in [0.1, 0.15) is 5.56 Å². The van der Waals surface area contributed by atoms with Gasteiger partial charge >= 0.3 is 0 Å². The van der Waals surface area contributed by atoms with E-state index in [1.54, 1.807) is 6.07 Å². The normalized spacial score (nSPS) is 10.7. The highest BCUT2D eigenvalue weighted by atomic mass is 35.5. The summed E-state index contributed by atoms with van der Waals surface area (Å²) in [6.07, 6.45) is 0. The van der Waals surface area contributed by atoms with Crippen molar-refractivity contribution in [3.05, 3.63) is 68.5 Å². The summed E-state index contributed by atoms with van der Waals surface area (Å²) in [6, 6.07) is 13.1. The predicted molar refractivity (Wildman–Crippen MR) is 96.3 cm³/mol. The molecule has 0 aliphatic rings. The van der Waals surface area contributed by atoms with Crippen LogP contribution in [0.2, 0.25) is 15.1 Å². The minimum Gasteiger partial charge on any atom is -0.357 e. The first-order chi connectivity index (χ1) is 10.6. The summed E-state index contributed by atoms with van der Waals surface area (Å²) in [6.45, 7) is 0.693. The highest BCUT2D eigenvalue weighted by molar-refractivity contribution is 7.14. The maximum absolute atomic E-state index is 6.21. The number of anilines is 1. The summed E-state index contributed by atoms with van der Waals surface area (Å²) in [4.78, 5) is 4.56. The van der Waals surface area contributed by atoms with E-state index in [0.29, 0.717) is 16.6 Å². The Bertz CT molecular complexity index is 784. The lowest BCUT2D eigenvalue weighted by molar-refractivity contribution is 1.14. The third-order valence-corrected chi connectivity index (χ3v) is 4.67. The zero-order valence-corrected chi connectivity index (χ0v) is 14.4. The summed E-state index contributed by atoms with van der Waals surface area (Å²) in [7, 11) is 0. The van der Waals surface area contributed by atoms with Crippen LogP contribution in [0.4, 0.5) is 5.13 Å². The Balaban J connectivity index is 1.72. The van der Waals surface area contributed by atoms with Crippen LogP contribution in [0.3, 0.4) is 0 Å². The van der Waals surface area contributed by atoms with E-state index >= 15 is 0 Å². The van der Waals surface area contributed by atoms with E-state index in [1.165, 1.54) is 11.3 Å². The van der Waals surface area contributed by atoms with Gasteiger partial charge in [-0.05, 0) is 35.9 Å². The number of thiazole rings is 1. The largest absolute Gasteiger partial charge is 0.357 e. The zero-order chi connectivity index (χ0) is 15.5. The van der Waals surface area contributed by atoms with Gasteiger partial charge in [-0.3, -0.25) is 0 Å². The van der Waals surface area contributed by atoms with E-state index in [-0.39, 0.29) is 0 Å². The number of rotatable bonds is 4.